The van der Waals surface area contributed by atoms with Crippen LogP contribution >= 0.6 is 0 Å². The van der Waals surface area contributed by atoms with Crippen molar-refractivity contribution in [3.8, 4) is 6.07 Å². The van der Waals surface area contributed by atoms with Gasteiger partial charge in [0, 0.05) is 19.6 Å². The van der Waals surface area contributed by atoms with E-state index < -0.39 is 6.08 Å². The van der Waals surface area contributed by atoms with Crippen molar-refractivity contribution in [2.24, 2.45) is 0 Å². The van der Waals surface area contributed by atoms with Gasteiger partial charge in [-0.05, 0) is 36.1 Å². The minimum absolute atomic E-state index is 0.289. The first-order chi connectivity index (χ1) is 8.69. The molecule has 0 aliphatic carbocycles. The molecule has 0 bridgehead atoms. The number of rotatable bonds is 2. The zero-order chi connectivity index (χ0) is 13.0. The van der Waals surface area contributed by atoms with E-state index in [1.807, 2.05) is 18.2 Å². The number of hydrogen-bond donors (Lipinski definition) is 0. The zero-order valence-corrected chi connectivity index (χ0v) is 10.00. The molecule has 0 spiro atoms. The smallest absolute Gasteiger partial charge is 0.269 e. The van der Waals surface area contributed by atoms with Crippen LogP contribution in [0.2, 0.25) is 0 Å². The summed E-state index contributed by atoms with van der Waals surface area (Å²) in [4.78, 5) is 2.14. The van der Waals surface area contributed by atoms with Crippen molar-refractivity contribution in [1.82, 2.24) is 4.90 Å². The highest BCUT2D eigenvalue weighted by molar-refractivity contribution is 5.32. The molecule has 94 valence electrons. The second-order valence-corrected chi connectivity index (χ2v) is 4.45. The molecule has 1 saturated heterocycles. The Morgan fingerprint density at radius 1 is 1.28 bits per heavy atom. The van der Waals surface area contributed by atoms with Crippen LogP contribution in [0.25, 0.3) is 0 Å². The van der Waals surface area contributed by atoms with Crippen LogP contribution in [-0.4, -0.2) is 18.0 Å². The molecule has 1 heterocycles. The Hall–Kier alpha value is -1.73. The molecule has 1 aliphatic heterocycles. The van der Waals surface area contributed by atoms with E-state index in [1.165, 1.54) is 0 Å². The lowest BCUT2D eigenvalue weighted by Crippen LogP contribution is -2.30. The molecule has 1 aromatic carbocycles. The molecule has 0 aromatic heterocycles. The van der Waals surface area contributed by atoms with Crippen molar-refractivity contribution in [3.63, 3.8) is 0 Å². The van der Waals surface area contributed by atoms with E-state index in [0.29, 0.717) is 31.5 Å². The van der Waals surface area contributed by atoms with Crippen LogP contribution in [0.15, 0.2) is 35.9 Å². The van der Waals surface area contributed by atoms with E-state index in [2.05, 4.69) is 11.0 Å². The van der Waals surface area contributed by atoms with Gasteiger partial charge in [-0.25, -0.2) is 0 Å². The average molecular weight is 248 g/mol. The molecule has 2 rings (SSSR count). The van der Waals surface area contributed by atoms with E-state index in [0.717, 1.165) is 12.1 Å². The summed E-state index contributed by atoms with van der Waals surface area (Å²) >= 11 is 0. The third-order valence-electron chi connectivity index (χ3n) is 3.19. The largest absolute Gasteiger partial charge is 0.298 e. The number of piperidine rings is 1. The Morgan fingerprint density at radius 3 is 2.61 bits per heavy atom. The quantitative estimate of drug-likeness (QED) is 0.803. The predicted molar refractivity (Wildman–Crippen MR) is 64.9 cm³/mol. The zero-order valence-electron chi connectivity index (χ0n) is 10.00. The van der Waals surface area contributed by atoms with Crippen molar-refractivity contribution < 1.29 is 8.78 Å². The molecule has 0 atom stereocenters. The summed E-state index contributed by atoms with van der Waals surface area (Å²) in [6.07, 6.45) is -0.623. The fourth-order valence-corrected chi connectivity index (χ4v) is 2.17. The van der Waals surface area contributed by atoms with Gasteiger partial charge in [0.2, 0.25) is 0 Å². The molecule has 2 nitrogen and oxygen atoms in total. The number of likely N-dealkylation sites (tertiary alicyclic amines) is 1. The van der Waals surface area contributed by atoms with Crippen molar-refractivity contribution >= 4 is 0 Å². The van der Waals surface area contributed by atoms with Crippen LogP contribution < -0.4 is 0 Å². The number of benzene rings is 1. The Bertz CT molecular complexity index is 489. The lowest BCUT2D eigenvalue weighted by molar-refractivity contribution is 0.240. The number of halogens is 2. The molecule has 0 saturated carbocycles. The van der Waals surface area contributed by atoms with Crippen molar-refractivity contribution in [3.05, 3.63) is 47.0 Å². The number of nitrogens with zero attached hydrogens (tertiary/aromatic N) is 2. The molecule has 1 aliphatic rings. The lowest BCUT2D eigenvalue weighted by atomic mass is 10.0. The molecular weight excluding hydrogens is 234 g/mol. The van der Waals surface area contributed by atoms with Crippen LogP contribution in [-0.2, 0) is 6.54 Å². The molecule has 1 fully saturated rings. The SMILES string of the molecule is N#Cc1cccc(CN2CCC(=C(F)F)CC2)c1. The first-order valence-corrected chi connectivity index (χ1v) is 5.93. The van der Waals surface area contributed by atoms with Gasteiger partial charge in [-0.3, -0.25) is 4.90 Å². The fourth-order valence-electron chi connectivity index (χ4n) is 2.17. The molecule has 1 aromatic rings. The molecule has 0 radical (unpaired) electrons. The van der Waals surface area contributed by atoms with Gasteiger partial charge in [0.15, 0.2) is 0 Å². The van der Waals surface area contributed by atoms with Gasteiger partial charge >= 0.3 is 0 Å². The van der Waals surface area contributed by atoms with Crippen molar-refractivity contribution in [1.29, 1.82) is 5.26 Å². The van der Waals surface area contributed by atoms with Crippen LogP contribution in [0.5, 0.6) is 0 Å². The Labute approximate surface area is 105 Å². The topological polar surface area (TPSA) is 27.0 Å². The summed E-state index contributed by atoms with van der Waals surface area (Å²) in [5, 5.41) is 8.81. The Balaban J connectivity index is 1.96. The van der Waals surface area contributed by atoms with Crippen LogP contribution in [0.1, 0.15) is 24.0 Å². The predicted octanol–water partition coefficient (Wildman–Crippen LogP) is 3.30. The van der Waals surface area contributed by atoms with Crippen LogP contribution in [0, 0.1) is 11.3 Å². The summed E-state index contributed by atoms with van der Waals surface area (Å²) < 4.78 is 24.8. The Kier molecular flexibility index (Phi) is 4.06. The monoisotopic (exact) mass is 248 g/mol. The maximum atomic E-state index is 12.4. The minimum atomic E-state index is -1.51. The van der Waals surface area contributed by atoms with Crippen LogP contribution in [0.4, 0.5) is 8.78 Å². The average Bonchev–Trinajstić information content (AvgIpc) is 2.39. The minimum Gasteiger partial charge on any atom is -0.298 e. The summed E-state index contributed by atoms with van der Waals surface area (Å²) in [6, 6.07) is 9.52. The standard InChI is InChI=1S/C14H14F2N2/c15-14(16)13-4-6-18(7-5-13)10-12-3-1-2-11(8-12)9-17/h1-3,8H,4-7,10H2. The summed E-state index contributed by atoms with van der Waals surface area (Å²) in [5.74, 6) is 0. The fraction of sp³-hybridized carbons (Fsp3) is 0.357. The maximum Gasteiger partial charge on any atom is 0.269 e. The summed E-state index contributed by atoms with van der Waals surface area (Å²) in [5.41, 5.74) is 1.99. The van der Waals surface area contributed by atoms with E-state index in [-0.39, 0.29) is 5.57 Å². The second-order valence-electron chi connectivity index (χ2n) is 4.45. The third kappa shape index (κ3) is 3.14. The highest BCUT2D eigenvalue weighted by atomic mass is 19.3. The van der Waals surface area contributed by atoms with E-state index in [1.54, 1.807) is 6.07 Å². The van der Waals surface area contributed by atoms with Gasteiger partial charge < -0.3 is 0 Å². The van der Waals surface area contributed by atoms with E-state index >= 15 is 0 Å². The first-order valence-electron chi connectivity index (χ1n) is 5.93. The highest BCUT2D eigenvalue weighted by Crippen LogP contribution is 2.22. The van der Waals surface area contributed by atoms with Gasteiger partial charge in [0.25, 0.3) is 6.08 Å². The lowest BCUT2D eigenvalue weighted by Gasteiger charge is -2.27. The molecule has 0 N–H and O–H groups in total. The summed E-state index contributed by atoms with van der Waals surface area (Å²) in [6.45, 7) is 2.03. The molecule has 18 heavy (non-hydrogen) atoms. The molecular formula is C14H14F2N2. The number of hydrogen-bond acceptors (Lipinski definition) is 2. The number of nitriles is 1. The highest BCUT2D eigenvalue weighted by Gasteiger charge is 2.17. The molecule has 4 heteroatoms. The van der Waals surface area contributed by atoms with Crippen molar-refractivity contribution in [2.75, 3.05) is 13.1 Å². The summed E-state index contributed by atoms with van der Waals surface area (Å²) in [7, 11) is 0. The van der Waals surface area contributed by atoms with Gasteiger partial charge in [-0.15, -0.1) is 0 Å². The van der Waals surface area contributed by atoms with E-state index in [4.69, 9.17) is 5.26 Å². The van der Waals surface area contributed by atoms with Crippen molar-refractivity contribution in [2.45, 2.75) is 19.4 Å². The van der Waals surface area contributed by atoms with Gasteiger partial charge in [0.1, 0.15) is 0 Å². The Morgan fingerprint density at radius 2 is 2.00 bits per heavy atom. The normalized spacial score (nSPS) is 16.4. The van der Waals surface area contributed by atoms with Crippen LogP contribution in [0.3, 0.4) is 0 Å². The van der Waals surface area contributed by atoms with Gasteiger partial charge in [-0.2, -0.15) is 14.0 Å². The molecule has 0 amide bonds. The van der Waals surface area contributed by atoms with E-state index in [9.17, 15) is 8.78 Å². The molecule has 0 unspecified atom stereocenters. The first kappa shape index (κ1) is 12.7. The second kappa shape index (κ2) is 5.74. The van der Waals surface area contributed by atoms with Gasteiger partial charge in [0.05, 0.1) is 11.6 Å². The maximum absolute atomic E-state index is 12.4. The third-order valence-corrected chi connectivity index (χ3v) is 3.19. The van der Waals surface area contributed by atoms with Gasteiger partial charge in [-0.1, -0.05) is 12.1 Å².